The molecule has 1 aliphatic rings. The van der Waals surface area contributed by atoms with Crippen molar-refractivity contribution in [2.24, 2.45) is 0 Å². The number of hydrogen-bond acceptors (Lipinski definition) is 2. The quantitative estimate of drug-likeness (QED) is 0.745. The van der Waals surface area contributed by atoms with E-state index in [0.717, 1.165) is 31.7 Å². The Labute approximate surface area is 131 Å². The van der Waals surface area contributed by atoms with Crippen LogP contribution >= 0.6 is 23.4 Å². The molecule has 2 aromatic rings. The Hall–Kier alpha value is -0.810. The highest BCUT2D eigenvalue weighted by Crippen LogP contribution is 2.37. The van der Waals surface area contributed by atoms with Crippen molar-refractivity contribution in [1.82, 2.24) is 9.55 Å². The Morgan fingerprint density at radius 3 is 2.62 bits per heavy atom. The van der Waals surface area contributed by atoms with Gasteiger partial charge in [-0.25, -0.2) is 13.8 Å². The fraction of sp³-hybridized carbons (Fsp3) is 0.533. The molecule has 2 nitrogen and oxygen atoms in total. The van der Waals surface area contributed by atoms with E-state index in [1.807, 2.05) is 16.3 Å². The molecule has 0 N–H and O–H groups in total. The van der Waals surface area contributed by atoms with Gasteiger partial charge in [0, 0.05) is 11.3 Å². The molecule has 3 rings (SSSR count). The standard InChI is InChI=1S/C15H17ClF2N2S/c1-21-10-4-2-9(3-5-10)20-13(8-16)19-12-7-6-11(17)14(18)15(12)20/h6-7,9-10H,2-5,8H2,1H3. The van der Waals surface area contributed by atoms with Gasteiger partial charge in [0.15, 0.2) is 11.6 Å². The molecule has 1 aromatic heterocycles. The van der Waals surface area contributed by atoms with Gasteiger partial charge < -0.3 is 4.57 Å². The van der Waals surface area contributed by atoms with Crippen molar-refractivity contribution in [3.05, 3.63) is 29.6 Å². The molecule has 1 fully saturated rings. The maximum absolute atomic E-state index is 14.2. The molecule has 1 heterocycles. The van der Waals surface area contributed by atoms with E-state index in [1.165, 1.54) is 6.07 Å². The first-order valence-electron chi connectivity index (χ1n) is 7.09. The van der Waals surface area contributed by atoms with Crippen LogP contribution in [-0.2, 0) is 5.88 Å². The topological polar surface area (TPSA) is 17.8 Å². The Kier molecular flexibility index (Phi) is 4.41. The predicted octanol–water partition coefficient (Wildman–Crippen LogP) is 4.90. The van der Waals surface area contributed by atoms with E-state index < -0.39 is 11.6 Å². The van der Waals surface area contributed by atoms with Crippen LogP contribution in [-0.4, -0.2) is 21.1 Å². The number of thioether (sulfide) groups is 1. The average molecular weight is 331 g/mol. The number of halogens is 3. The fourth-order valence-electron chi connectivity index (χ4n) is 3.20. The minimum Gasteiger partial charge on any atom is -0.321 e. The van der Waals surface area contributed by atoms with Crippen LogP contribution in [0.3, 0.4) is 0 Å². The summed E-state index contributed by atoms with van der Waals surface area (Å²) in [5.74, 6) is -0.812. The van der Waals surface area contributed by atoms with Crippen LogP contribution in [0, 0.1) is 11.6 Å². The van der Waals surface area contributed by atoms with Crippen LogP contribution in [0.1, 0.15) is 37.5 Å². The second kappa shape index (κ2) is 6.13. The van der Waals surface area contributed by atoms with E-state index in [1.54, 1.807) is 0 Å². The summed E-state index contributed by atoms with van der Waals surface area (Å²) in [4.78, 5) is 4.37. The second-order valence-electron chi connectivity index (χ2n) is 5.43. The van der Waals surface area contributed by atoms with Crippen LogP contribution in [0.2, 0.25) is 0 Å². The minimum atomic E-state index is -0.831. The van der Waals surface area contributed by atoms with Gasteiger partial charge in [0.05, 0.1) is 11.4 Å². The second-order valence-corrected chi connectivity index (χ2v) is 6.83. The SMILES string of the molecule is CSC1CCC(n2c(CCl)nc3ccc(F)c(F)c32)CC1. The van der Waals surface area contributed by atoms with Gasteiger partial charge in [0.25, 0.3) is 0 Å². The Morgan fingerprint density at radius 2 is 2.00 bits per heavy atom. The molecular formula is C15H17ClF2N2S. The predicted molar refractivity (Wildman–Crippen MR) is 84.0 cm³/mol. The van der Waals surface area contributed by atoms with Gasteiger partial charge in [-0.3, -0.25) is 0 Å². The van der Waals surface area contributed by atoms with Gasteiger partial charge in [-0.15, -0.1) is 11.6 Å². The van der Waals surface area contributed by atoms with Gasteiger partial charge in [-0.2, -0.15) is 11.8 Å². The van der Waals surface area contributed by atoms with Crippen LogP contribution in [0.15, 0.2) is 12.1 Å². The first-order chi connectivity index (χ1) is 10.2. The molecular weight excluding hydrogens is 314 g/mol. The van der Waals surface area contributed by atoms with Crippen LogP contribution < -0.4 is 0 Å². The van der Waals surface area contributed by atoms with Gasteiger partial charge in [-0.1, -0.05) is 0 Å². The maximum Gasteiger partial charge on any atom is 0.184 e. The third-order valence-corrected chi connectivity index (χ3v) is 5.66. The number of aromatic nitrogens is 2. The Morgan fingerprint density at radius 1 is 1.29 bits per heavy atom. The molecule has 21 heavy (non-hydrogen) atoms. The molecule has 0 aliphatic heterocycles. The van der Waals surface area contributed by atoms with Gasteiger partial charge in [-0.05, 0) is 44.1 Å². The number of fused-ring (bicyclic) bond motifs is 1. The number of alkyl halides is 1. The first kappa shape index (κ1) is 15.1. The third kappa shape index (κ3) is 2.66. The van der Waals surface area contributed by atoms with Crippen molar-refractivity contribution < 1.29 is 8.78 Å². The first-order valence-corrected chi connectivity index (χ1v) is 8.91. The van der Waals surface area contributed by atoms with Gasteiger partial charge in [0.2, 0.25) is 0 Å². The molecule has 0 saturated heterocycles. The molecule has 0 unspecified atom stereocenters. The zero-order valence-electron chi connectivity index (χ0n) is 11.8. The Balaban J connectivity index is 2.06. The summed E-state index contributed by atoms with van der Waals surface area (Å²) in [7, 11) is 0. The summed E-state index contributed by atoms with van der Waals surface area (Å²) in [5.41, 5.74) is 0.745. The molecule has 0 spiro atoms. The summed E-state index contributed by atoms with van der Waals surface area (Å²) in [6, 6.07) is 2.80. The van der Waals surface area contributed by atoms with Gasteiger partial charge in [0.1, 0.15) is 11.3 Å². The summed E-state index contributed by atoms with van der Waals surface area (Å²) in [6.07, 6.45) is 6.21. The van der Waals surface area contributed by atoms with Crippen LogP contribution in [0.25, 0.3) is 11.0 Å². The summed E-state index contributed by atoms with van der Waals surface area (Å²) < 4.78 is 29.6. The van der Waals surface area contributed by atoms with Crippen LogP contribution in [0.5, 0.6) is 0 Å². The van der Waals surface area contributed by atoms with Crippen molar-refractivity contribution >= 4 is 34.4 Å². The summed E-state index contributed by atoms with van der Waals surface area (Å²) in [5, 5.41) is 0.664. The highest BCUT2D eigenvalue weighted by molar-refractivity contribution is 7.99. The van der Waals surface area contributed by atoms with Crippen molar-refractivity contribution in [2.45, 2.75) is 42.9 Å². The third-order valence-electron chi connectivity index (χ3n) is 4.28. The molecule has 6 heteroatoms. The lowest BCUT2D eigenvalue weighted by Gasteiger charge is -2.29. The highest BCUT2D eigenvalue weighted by atomic mass is 35.5. The smallest absolute Gasteiger partial charge is 0.184 e. The lowest BCUT2D eigenvalue weighted by atomic mass is 9.94. The number of benzene rings is 1. The molecule has 1 aliphatic carbocycles. The lowest BCUT2D eigenvalue weighted by molar-refractivity contribution is 0.358. The summed E-state index contributed by atoms with van der Waals surface area (Å²) in [6.45, 7) is 0. The zero-order valence-corrected chi connectivity index (χ0v) is 13.4. The normalized spacial score (nSPS) is 22.9. The lowest BCUT2D eigenvalue weighted by Crippen LogP contribution is -2.21. The molecule has 0 radical (unpaired) electrons. The number of hydrogen-bond donors (Lipinski definition) is 0. The largest absolute Gasteiger partial charge is 0.321 e. The van der Waals surface area contributed by atoms with Crippen LogP contribution in [0.4, 0.5) is 8.78 Å². The Bertz CT molecular complexity index is 651. The monoisotopic (exact) mass is 330 g/mol. The minimum absolute atomic E-state index is 0.156. The fourth-order valence-corrected chi connectivity index (χ4v) is 4.13. The van der Waals surface area contributed by atoms with E-state index in [0.29, 0.717) is 16.6 Å². The zero-order chi connectivity index (χ0) is 15.0. The van der Waals surface area contributed by atoms with E-state index in [4.69, 9.17) is 11.6 Å². The number of imidazole rings is 1. The molecule has 0 bridgehead atoms. The number of nitrogens with zero attached hydrogens (tertiary/aromatic N) is 2. The highest BCUT2D eigenvalue weighted by Gasteiger charge is 2.27. The molecule has 0 atom stereocenters. The molecule has 1 aromatic carbocycles. The van der Waals surface area contributed by atoms with E-state index in [9.17, 15) is 8.78 Å². The average Bonchev–Trinajstić information content (AvgIpc) is 2.90. The van der Waals surface area contributed by atoms with E-state index in [2.05, 4.69) is 11.2 Å². The van der Waals surface area contributed by atoms with Crippen molar-refractivity contribution in [3.63, 3.8) is 0 Å². The molecule has 1 saturated carbocycles. The van der Waals surface area contributed by atoms with Gasteiger partial charge >= 0.3 is 0 Å². The van der Waals surface area contributed by atoms with Crippen molar-refractivity contribution in [2.75, 3.05) is 6.26 Å². The van der Waals surface area contributed by atoms with Crippen molar-refractivity contribution in [3.8, 4) is 0 Å². The number of rotatable bonds is 3. The maximum atomic E-state index is 14.2. The molecule has 114 valence electrons. The van der Waals surface area contributed by atoms with Crippen molar-refractivity contribution in [1.29, 1.82) is 0 Å². The molecule has 0 amide bonds. The summed E-state index contributed by atoms with van der Waals surface area (Å²) >= 11 is 7.85. The van der Waals surface area contributed by atoms with E-state index in [-0.39, 0.29) is 17.4 Å². The van der Waals surface area contributed by atoms with E-state index >= 15 is 0 Å².